The number of nitrogen functional groups attached to an aromatic ring is 1. The molecular weight excluding hydrogens is 259 g/mol. The molecule has 1 heterocycles. The average molecular weight is 272 g/mol. The maximum absolute atomic E-state index is 13.8. The Morgan fingerprint density at radius 2 is 1.90 bits per heavy atom. The Bertz CT molecular complexity index is 756. The summed E-state index contributed by atoms with van der Waals surface area (Å²) in [7, 11) is 0. The Morgan fingerprint density at radius 1 is 1.15 bits per heavy atom. The van der Waals surface area contributed by atoms with Gasteiger partial charge in [-0.3, -0.25) is 0 Å². The molecule has 0 spiro atoms. The van der Waals surface area contributed by atoms with Crippen molar-refractivity contribution >= 4 is 22.4 Å². The molecule has 0 aliphatic carbocycles. The van der Waals surface area contributed by atoms with Crippen molar-refractivity contribution in [1.82, 2.24) is 10.3 Å². The van der Waals surface area contributed by atoms with Crippen molar-refractivity contribution in [2.45, 2.75) is 13.0 Å². The van der Waals surface area contributed by atoms with Gasteiger partial charge in [0.05, 0.1) is 17.4 Å². The van der Waals surface area contributed by atoms with Crippen molar-refractivity contribution in [1.29, 1.82) is 0 Å². The second kappa shape index (κ2) is 4.80. The van der Waals surface area contributed by atoms with Crippen LogP contribution in [0.15, 0.2) is 41.0 Å². The SMILES string of the molecule is CC(Nc1ccc(N)c2nonc12)c1ccccc1F. The fourth-order valence-electron chi connectivity index (χ4n) is 2.14. The van der Waals surface area contributed by atoms with E-state index in [1.807, 2.05) is 6.92 Å². The maximum atomic E-state index is 13.8. The van der Waals surface area contributed by atoms with Crippen molar-refractivity contribution in [3.05, 3.63) is 47.8 Å². The second-order valence-corrected chi connectivity index (χ2v) is 4.55. The van der Waals surface area contributed by atoms with Crippen molar-refractivity contribution in [2.24, 2.45) is 0 Å². The van der Waals surface area contributed by atoms with Crippen LogP contribution in [0.1, 0.15) is 18.5 Å². The van der Waals surface area contributed by atoms with E-state index in [0.29, 0.717) is 28.0 Å². The fraction of sp³-hybridized carbons (Fsp3) is 0.143. The molecule has 20 heavy (non-hydrogen) atoms. The third kappa shape index (κ3) is 2.05. The van der Waals surface area contributed by atoms with E-state index < -0.39 is 0 Å². The molecule has 6 heteroatoms. The molecule has 0 radical (unpaired) electrons. The summed E-state index contributed by atoms with van der Waals surface area (Å²) in [6, 6.07) is 9.90. The number of halogens is 1. The highest BCUT2D eigenvalue weighted by atomic mass is 19.1. The molecule has 1 atom stereocenters. The number of fused-ring (bicyclic) bond motifs is 1. The van der Waals surface area contributed by atoms with Crippen LogP contribution in [0.2, 0.25) is 0 Å². The van der Waals surface area contributed by atoms with Crippen molar-refractivity contribution in [3.8, 4) is 0 Å². The minimum absolute atomic E-state index is 0.222. The minimum atomic E-state index is -0.252. The van der Waals surface area contributed by atoms with Crippen LogP contribution in [-0.4, -0.2) is 10.3 Å². The normalized spacial score (nSPS) is 12.5. The Balaban J connectivity index is 1.96. The first kappa shape index (κ1) is 12.4. The quantitative estimate of drug-likeness (QED) is 0.716. The van der Waals surface area contributed by atoms with E-state index in [1.54, 1.807) is 30.3 Å². The van der Waals surface area contributed by atoms with E-state index in [-0.39, 0.29) is 11.9 Å². The minimum Gasteiger partial charge on any atom is -0.397 e. The predicted molar refractivity (Wildman–Crippen MR) is 74.7 cm³/mol. The molecule has 0 saturated carbocycles. The molecule has 0 bridgehead atoms. The maximum Gasteiger partial charge on any atom is 0.160 e. The van der Waals surface area contributed by atoms with E-state index in [1.165, 1.54) is 6.07 Å². The topological polar surface area (TPSA) is 77.0 Å². The van der Waals surface area contributed by atoms with E-state index >= 15 is 0 Å². The summed E-state index contributed by atoms with van der Waals surface area (Å²) in [6.45, 7) is 1.87. The number of nitrogens with two attached hydrogens (primary N) is 1. The molecule has 5 nitrogen and oxygen atoms in total. The van der Waals surface area contributed by atoms with E-state index in [9.17, 15) is 4.39 Å². The zero-order chi connectivity index (χ0) is 14.1. The van der Waals surface area contributed by atoms with E-state index in [2.05, 4.69) is 15.6 Å². The van der Waals surface area contributed by atoms with Gasteiger partial charge in [-0.05, 0) is 35.4 Å². The third-order valence-electron chi connectivity index (χ3n) is 3.19. The third-order valence-corrected chi connectivity index (χ3v) is 3.19. The molecule has 0 fully saturated rings. The summed E-state index contributed by atoms with van der Waals surface area (Å²) in [5.41, 5.74) is 8.59. The van der Waals surface area contributed by atoms with E-state index in [4.69, 9.17) is 10.4 Å². The summed E-state index contributed by atoms with van der Waals surface area (Å²) in [5, 5.41) is 10.8. The zero-order valence-electron chi connectivity index (χ0n) is 10.8. The average Bonchev–Trinajstić information content (AvgIpc) is 2.93. The summed E-state index contributed by atoms with van der Waals surface area (Å²) >= 11 is 0. The Hall–Kier alpha value is -2.63. The predicted octanol–water partition coefficient (Wildman–Crippen LogP) is 3.12. The summed E-state index contributed by atoms with van der Waals surface area (Å²) < 4.78 is 18.5. The summed E-state index contributed by atoms with van der Waals surface area (Å²) in [5.74, 6) is -0.252. The number of anilines is 2. The van der Waals surface area contributed by atoms with Crippen molar-refractivity contribution in [3.63, 3.8) is 0 Å². The van der Waals surface area contributed by atoms with Crippen molar-refractivity contribution < 1.29 is 9.02 Å². The number of hydrogen-bond donors (Lipinski definition) is 2. The van der Waals surface area contributed by atoms with Crippen LogP contribution >= 0.6 is 0 Å². The Kier molecular flexibility index (Phi) is 2.98. The van der Waals surface area contributed by atoms with Crippen LogP contribution in [0.4, 0.5) is 15.8 Å². The lowest BCUT2D eigenvalue weighted by atomic mass is 10.1. The number of aromatic nitrogens is 2. The molecule has 0 saturated heterocycles. The lowest BCUT2D eigenvalue weighted by Crippen LogP contribution is -2.09. The zero-order valence-corrected chi connectivity index (χ0v) is 10.8. The van der Waals surface area contributed by atoms with Gasteiger partial charge in [-0.2, -0.15) is 0 Å². The van der Waals surface area contributed by atoms with Crippen LogP contribution in [0, 0.1) is 5.82 Å². The smallest absolute Gasteiger partial charge is 0.160 e. The largest absolute Gasteiger partial charge is 0.397 e. The molecule has 3 N–H and O–H groups in total. The van der Waals surface area contributed by atoms with Gasteiger partial charge in [0, 0.05) is 5.56 Å². The first-order valence-corrected chi connectivity index (χ1v) is 6.18. The molecule has 102 valence electrons. The Labute approximate surface area is 114 Å². The first-order chi connectivity index (χ1) is 9.66. The molecule has 3 rings (SSSR count). The van der Waals surface area contributed by atoms with Gasteiger partial charge < -0.3 is 11.1 Å². The number of nitrogens with zero attached hydrogens (tertiary/aromatic N) is 2. The van der Waals surface area contributed by atoms with Crippen LogP contribution in [-0.2, 0) is 0 Å². The molecular formula is C14H13FN4O. The van der Waals surface area contributed by atoms with Crippen molar-refractivity contribution in [2.75, 3.05) is 11.1 Å². The first-order valence-electron chi connectivity index (χ1n) is 6.18. The van der Waals surface area contributed by atoms with Gasteiger partial charge in [-0.1, -0.05) is 18.2 Å². The molecule has 2 aromatic carbocycles. The van der Waals surface area contributed by atoms with Gasteiger partial charge >= 0.3 is 0 Å². The highest BCUT2D eigenvalue weighted by molar-refractivity contribution is 5.95. The lowest BCUT2D eigenvalue weighted by molar-refractivity contribution is 0.315. The van der Waals surface area contributed by atoms with Gasteiger partial charge in [0.25, 0.3) is 0 Å². The molecule has 1 unspecified atom stereocenters. The monoisotopic (exact) mass is 272 g/mol. The van der Waals surface area contributed by atoms with Crippen LogP contribution in [0.25, 0.3) is 11.0 Å². The molecule has 3 aromatic rings. The van der Waals surface area contributed by atoms with Crippen LogP contribution in [0.3, 0.4) is 0 Å². The number of benzene rings is 2. The van der Waals surface area contributed by atoms with Gasteiger partial charge in [0.15, 0.2) is 11.0 Å². The van der Waals surface area contributed by atoms with Crippen LogP contribution in [0.5, 0.6) is 0 Å². The molecule has 0 aliphatic rings. The summed E-state index contributed by atoms with van der Waals surface area (Å²) in [4.78, 5) is 0. The summed E-state index contributed by atoms with van der Waals surface area (Å²) in [6.07, 6.45) is 0. The van der Waals surface area contributed by atoms with Gasteiger partial charge in [0.1, 0.15) is 5.82 Å². The van der Waals surface area contributed by atoms with Crippen LogP contribution < -0.4 is 11.1 Å². The number of rotatable bonds is 3. The lowest BCUT2D eigenvalue weighted by Gasteiger charge is -2.16. The molecule has 0 amide bonds. The van der Waals surface area contributed by atoms with Gasteiger partial charge in [-0.25, -0.2) is 9.02 Å². The Morgan fingerprint density at radius 3 is 2.70 bits per heavy atom. The van der Waals surface area contributed by atoms with E-state index in [0.717, 1.165) is 0 Å². The standard InChI is InChI=1S/C14H13FN4O/c1-8(9-4-2-3-5-10(9)15)17-12-7-6-11(16)13-14(12)19-20-18-13/h2-8,17H,16H2,1H3. The number of hydrogen-bond acceptors (Lipinski definition) is 5. The second-order valence-electron chi connectivity index (χ2n) is 4.55. The molecule has 1 aromatic heterocycles. The number of nitrogens with one attached hydrogen (secondary N) is 1. The van der Waals surface area contributed by atoms with Gasteiger partial charge in [0.2, 0.25) is 0 Å². The molecule has 0 aliphatic heterocycles. The van der Waals surface area contributed by atoms with Gasteiger partial charge in [-0.15, -0.1) is 0 Å². The highest BCUT2D eigenvalue weighted by Crippen LogP contribution is 2.28. The fourth-order valence-corrected chi connectivity index (χ4v) is 2.14. The highest BCUT2D eigenvalue weighted by Gasteiger charge is 2.14.